The number of halogens is 1. The largest absolute Gasteiger partial charge is 0.466 e. The molecule has 0 aromatic heterocycles. The van der Waals surface area contributed by atoms with Crippen LogP contribution in [0, 0.1) is 0 Å². The van der Waals surface area contributed by atoms with E-state index in [4.69, 9.17) is 31.5 Å². The molecule has 28 heavy (non-hydrogen) atoms. The lowest BCUT2D eigenvalue weighted by molar-refractivity contribution is -0.141. The Bertz CT molecular complexity index is 804. The first kappa shape index (κ1) is 21.9. The molecular weight excluding hydrogens is 384 g/mol. The molecule has 0 spiro atoms. The molecule has 1 atom stereocenters. The van der Waals surface area contributed by atoms with Crippen LogP contribution in [-0.4, -0.2) is 38.8 Å². The molecule has 7 nitrogen and oxygen atoms in total. The molecule has 0 saturated carbocycles. The van der Waals surface area contributed by atoms with Gasteiger partial charge in [0.1, 0.15) is 5.76 Å². The minimum Gasteiger partial charge on any atom is -0.466 e. The zero-order valence-corrected chi connectivity index (χ0v) is 17.0. The fourth-order valence-electron chi connectivity index (χ4n) is 2.94. The summed E-state index contributed by atoms with van der Waals surface area (Å²) in [6.45, 7) is 4.27. The van der Waals surface area contributed by atoms with E-state index in [0.717, 1.165) is 0 Å². The molecule has 1 aromatic rings. The number of dihydropyridines is 1. The normalized spacial score (nSPS) is 16.7. The number of allylic oxidation sites excluding steroid dienone is 2. The third-order valence-electron chi connectivity index (χ3n) is 4.23. The Balaban J connectivity index is 2.63. The first-order valence-electron chi connectivity index (χ1n) is 8.96. The molecule has 0 amide bonds. The lowest BCUT2D eigenvalue weighted by Crippen LogP contribution is -2.33. The monoisotopic (exact) mass is 408 g/mol. The average Bonchev–Trinajstić information content (AvgIpc) is 2.69. The summed E-state index contributed by atoms with van der Waals surface area (Å²) in [5, 5.41) is 3.55. The van der Waals surface area contributed by atoms with Crippen LogP contribution in [-0.2, 0) is 23.8 Å². The van der Waals surface area contributed by atoms with Gasteiger partial charge in [-0.05, 0) is 18.6 Å². The number of ether oxygens (including phenoxy) is 3. The molecular formula is C20H25ClN2O5. The van der Waals surface area contributed by atoms with Crippen molar-refractivity contribution in [3.05, 3.63) is 57.6 Å². The highest BCUT2D eigenvalue weighted by atomic mass is 35.5. The zero-order valence-electron chi connectivity index (χ0n) is 16.2. The molecule has 0 saturated heterocycles. The van der Waals surface area contributed by atoms with Gasteiger partial charge in [0.2, 0.25) is 0 Å². The summed E-state index contributed by atoms with van der Waals surface area (Å²) >= 11 is 6.42. The van der Waals surface area contributed by atoms with Crippen molar-refractivity contribution in [3.63, 3.8) is 0 Å². The lowest BCUT2D eigenvalue weighted by Gasteiger charge is -2.31. The van der Waals surface area contributed by atoms with Crippen molar-refractivity contribution in [1.29, 1.82) is 0 Å². The number of carbonyl (C=O) groups excluding carboxylic acids is 2. The summed E-state index contributed by atoms with van der Waals surface area (Å²) in [5.74, 6) is -1.42. The van der Waals surface area contributed by atoms with Crippen LogP contribution >= 0.6 is 11.6 Å². The maximum Gasteiger partial charge on any atom is 0.336 e. The number of benzene rings is 1. The third kappa shape index (κ3) is 4.92. The zero-order chi connectivity index (χ0) is 20.7. The minimum absolute atomic E-state index is 0.135. The second-order valence-electron chi connectivity index (χ2n) is 6.12. The first-order valence-corrected chi connectivity index (χ1v) is 9.34. The molecule has 1 aliphatic heterocycles. The van der Waals surface area contributed by atoms with Crippen LogP contribution in [0.4, 0.5) is 0 Å². The third-order valence-corrected chi connectivity index (χ3v) is 4.58. The van der Waals surface area contributed by atoms with Crippen molar-refractivity contribution in [2.75, 3.05) is 26.9 Å². The van der Waals surface area contributed by atoms with Crippen molar-refractivity contribution in [2.45, 2.75) is 26.2 Å². The van der Waals surface area contributed by atoms with Gasteiger partial charge in [0.05, 0.1) is 37.5 Å². The molecule has 0 radical (unpaired) electrons. The highest BCUT2D eigenvalue weighted by molar-refractivity contribution is 6.31. The quantitative estimate of drug-likeness (QED) is 0.503. The number of carbonyl (C=O) groups is 2. The predicted molar refractivity (Wildman–Crippen MR) is 105 cm³/mol. The Morgan fingerprint density at radius 3 is 2.61 bits per heavy atom. The van der Waals surface area contributed by atoms with Crippen LogP contribution in [0.1, 0.15) is 31.7 Å². The molecule has 1 aromatic carbocycles. The molecule has 0 aliphatic carbocycles. The van der Waals surface area contributed by atoms with E-state index in [-0.39, 0.29) is 18.8 Å². The van der Waals surface area contributed by atoms with E-state index in [1.807, 2.05) is 0 Å². The lowest BCUT2D eigenvalue weighted by atomic mass is 9.85. The van der Waals surface area contributed by atoms with Crippen LogP contribution < -0.4 is 11.1 Å². The Morgan fingerprint density at radius 1 is 1.29 bits per heavy atom. The molecule has 2 rings (SSSR count). The number of esters is 2. The molecule has 3 N–H and O–H groups in total. The van der Waals surface area contributed by atoms with Crippen LogP contribution in [0.5, 0.6) is 0 Å². The van der Waals surface area contributed by atoms with Gasteiger partial charge in [-0.25, -0.2) is 4.79 Å². The predicted octanol–water partition coefficient (Wildman–Crippen LogP) is 2.61. The fourth-order valence-corrected chi connectivity index (χ4v) is 3.19. The Morgan fingerprint density at radius 2 is 2.00 bits per heavy atom. The van der Waals surface area contributed by atoms with Gasteiger partial charge in [-0.3, -0.25) is 4.79 Å². The van der Waals surface area contributed by atoms with Gasteiger partial charge in [-0.1, -0.05) is 36.7 Å². The minimum atomic E-state index is -0.714. The van der Waals surface area contributed by atoms with E-state index in [0.29, 0.717) is 40.7 Å². The Labute approximate surface area is 169 Å². The summed E-state index contributed by atoms with van der Waals surface area (Å²) < 4.78 is 16.2. The second kappa shape index (κ2) is 10.3. The van der Waals surface area contributed by atoms with Gasteiger partial charge in [0, 0.05) is 23.7 Å². The SMILES string of the molecule is CCC(=O)OC1=C(COCCN)NC(C)=C(C(=O)OC)C1c1ccccc1Cl. The van der Waals surface area contributed by atoms with Crippen molar-refractivity contribution >= 4 is 23.5 Å². The van der Waals surface area contributed by atoms with Crippen molar-refractivity contribution < 1.29 is 23.8 Å². The van der Waals surface area contributed by atoms with Gasteiger partial charge in [0.25, 0.3) is 0 Å². The number of methoxy groups -OCH3 is 1. The van der Waals surface area contributed by atoms with Crippen LogP contribution in [0.3, 0.4) is 0 Å². The molecule has 1 heterocycles. The van der Waals surface area contributed by atoms with Crippen LogP contribution in [0.2, 0.25) is 5.02 Å². The maximum atomic E-state index is 12.6. The van der Waals surface area contributed by atoms with E-state index in [1.165, 1.54) is 7.11 Å². The molecule has 1 aliphatic rings. The molecule has 0 bridgehead atoms. The molecule has 0 fully saturated rings. The van der Waals surface area contributed by atoms with Crippen molar-refractivity contribution in [1.82, 2.24) is 5.32 Å². The molecule has 1 unspecified atom stereocenters. The smallest absolute Gasteiger partial charge is 0.336 e. The van der Waals surface area contributed by atoms with Gasteiger partial charge in [-0.2, -0.15) is 0 Å². The van der Waals surface area contributed by atoms with Gasteiger partial charge < -0.3 is 25.3 Å². The number of nitrogens with two attached hydrogens (primary N) is 1. The van der Waals surface area contributed by atoms with Crippen molar-refractivity contribution in [3.8, 4) is 0 Å². The number of nitrogens with one attached hydrogen (secondary N) is 1. The van der Waals surface area contributed by atoms with Gasteiger partial charge in [-0.15, -0.1) is 0 Å². The highest BCUT2D eigenvalue weighted by Gasteiger charge is 2.38. The highest BCUT2D eigenvalue weighted by Crippen LogP contribution is 2.41. The van der Waals surface area contributed by atoms with E-state index in [2.05, 4.69) is 5.32 Å². The van der Waals surface area contributed by atoms with E-state index in [1.54, 1.807) is 38.1 Å². The van der Waals surface area contributed by atoms with E-state index in [9.17, 15) is 9.59 Å². The molecule has 152 valence electrons. The van der Waals surface area contributed by atoms with Crippen molar-refractivity contribution in [2.24, 2.45) is 5.73 Å². The fraction of sp³-hybridized carbons (Fsp3) is 0.400. The van der Waals surface area contributed by atoms with Crippen LogP contribution in [0.25, 0.3) is 0 Å². The van der Waals surface area contributed by atoms with Gasteiger partial charge >= 0.3 is 11.9 Å². The summed E-state index contributed by atoms with van der Waals surface area (Å²) in [6, 6.07) is 7.09. The van der Waals surface area contributed by atoms with Gasteiger partial charge in [0.15, 0.2) is 0 Å². The topological polar surface area (TPSA) is 99.9 Å². The number of rotatable bonds is 8. The number of hydrogen-bond donors (Lipinski definition) is 2. The summed E-state index contributed by atoms with van der Waals surface area (Å²) in [6.07, 6.45) is 0.173. The average molecular weight is 409 g/mol. The van der Waals surface area contributed by atoms with Crippen LogP contribution in [0.15, 0.2) is 47.0 Å². The summed E-state index contributed by atoms with van der Waals surface area (Å²) in [7, 11) is 1.30. The Hall–Kier alpha value is -2.35. The van der Waals surface area contributed by atoms with E-state index >= 15 is 0 Å². The Kier molecular flexibility index (Phi) is 8.04. The molecule has 8 heteroatoms. The maximum absolute atomic E-state index is 12.6. The standard InChI is InChI=1S/C20H25ClN2O5/c1-4-16(24)28-19-15(11-27-10-9-22)23-12(2)17(20(25)26-3)18(19)13-7-5-6-8-14(13)21/h5-8,18,23H,4,9-11,22H2,1-3H3. The summed E-state index contributed by atoms with van der Waals surface area (Å²) in [5.41, 5.74) is 7.54. The number of hydrogen-bond acceptors (Lipinski definition) is 7. The summed E-state index contributed by atoms with van der Waals surface area (Å²) in [4.78, 5) is 24.7. The van der Waals surface area contributed by atoms with E-state index < -0.39 is 17.9 Å². The second-order valence-corrected chi connectivity index (χ2v) is 6.53. The first-order chi connectivity index (χ1) is 13.4.